The molecule has 1 aliphatic rings. The van der Waals surface area contributed by atoms with E-state index in [0.29, 0.717) is 12.1 Å². The average molecular weight is 219 g/mol. The SMILES string of the molecule is CC(C)OCCC1NCCc2ccccc21. The summed E-state index contributed by atoms with van der Waals surface area (Å²) in [6.45, 7) is 6.09. The van der Waals surface area contributed by atoms with Crippen molar-refractivity contribution >= 4 is 0 Å². The fourth-order valence-corrected chi connectivity index (χ4v) is 2.27. The lowest BCUT2D eigenvalue weighted by atomic mass is 9.93. The summed E-state index contributed by atoms with van der Waals surface area (Å²) in [6.07, 6.45) is 2.55. The van der Waals surface area contributed by atoms with E-state index in [-0.39, 0.29) is 0 Å². The molecule has 16 heavy (non-hydrogen) atoms. The molecular formula is C14H21NO. The van der Waals surface area contributed by atoms with Crippen LogP contribution in [0.2, 0.25) is 0 Å². The molecule has 1 N–H and O–H groups in total. The number of hydrogen-bond donors (Lipinski definition) is 1. The smallest absolute Gasteiger partial charge is 0.0518 e. The molecule has 2 nitrogen and oxygen atoms in total. The molecule has 0 fully saturated rings. The van der Waals surface area contributed by atoms with Gasteiger partial charge in [-0.3, -0.25) is 0 Å². The maximum Gasteiger partial charge on any atom is 0.0518 e. The third kappa shape index (κ3) is 2.83. The van der Waals surface area contributed by atoms with Crippen molar-refractivity contribution in [3.8, 4) is 0 Å². The van der Waals surface area contributed by atoms with Gasteiger partial charge in [-0.15, -0.1) is 0 Å². The Morgan fingerprint density at radius 3 is 3.00 bits per heavy atom. The third-order valence-corrected chi connectivity index (χ3v) is 3.07. The van der Waals surface area contributed by atoms with Crippen LogP contribution >= 0.6 is 0 Å². The quantitative estimate of drug-likeness (QED) is 0.840. The number of rotatable bonds is 4. The molecule has 1 aromatic rings. The first-order valence-corrected chi connectivity index (χ1v) is 6.20. The average Bonchev–Trinajstić information content (AvgIpc) is 2.29. The molecule has 1 heterocycles. The highest BCUT2D eigenvalue weighted by Gasteiger charge is 2.18. The second-order valence-electron chi connectivity index (χ2n) is 4.66. The predicted molar refractivity (Wildman–Crippen MR) is 66.6 cm³/mol. The number of fused-ring (bicyclic) bond motifs is 1. The molecule has 2 heteroatoms. The summed E-state index contributed by atoms with van der Waals surface area (Å²) < 4.78 is 5.62. The Morgan fingerprint density at radius 2 is 2.19 bits per heavy atom. The van der Waals surface area contributed by atoms with Crippen LogP contribution in [0.1, 0.15) is 37.4 Å². The summed E-state index contributed by atoms with van der Waals surface area (Å²) in [5.74, 6) is 0. The van der Waals surface area contributed by atoms with Gasteiger partial charge in [-0.2, -0.15) is 0 Å². The summed E-state index contributed by atoms with van der Waals surface area (Å²) >= 11 is 0. The van der Waals surface area contributed by atoms with Crippen LogP contribution in [0.25, 0.3) is 0 Å². The monoisotopic (exact) mass is 219 g/mol. The minimum absolute atomic E-state index is 0.332. The lowest BCUT2D eigenvalue weighted by Gasteiger charge is -2.27. The van der Waals surface area contributed by atoms with E-state index in [1.807, 2.05) is 0 Å². The predicted octanol–water partition coefficient (Wildman–Crippen LogP) is 2.69. The Morgan fingerprint density at radius 1 is 1.38 bits per heavy atom. The van der Waals surface area contributed by atoms with E-state index in [4.69, 9.17) is 4.74 Å². The Kier molecular flexibility index (Phi) is 3.97. The van der Waals surface area contributed by atoms with Crippen LogP contribution in [-0.4, -0.2) is 19.3 Å². The molecule has 1 aromatic carbocycles. The van der Waals surface area contributed by atoms with Crippen LogP contribution in [0.15, 0.2) is 24.3 Å². The molecule has 0 spiro atoms. The Balaban J connectivity index is 1.96. The fourth-order valence-electron chi connectivity index (χ4n) is 2.27. The van der Waals surface area contributed by atoms with E-state index in [9.17, 15) is 0 Å². The topological polar surface area (TPSA) is 21.3 Å². The molecule has 1 unspecified atom stereocenters. The van der Waals surface area contributed by atoms with Crippen molar-refractivity contribution in [2.24, 2.45) is 0 Å². The summed E-state index contributed by atoms with van der Waals surface area (Å²) in [5, 5.41) is 3.57. The van der Waals surface area contributed by atoms with Crippen molar-refractivity contribution < 1.29 is 4.74 Å². The standard InChI is InChI=1S/C14H21NO/c1-11(2)16-10-8-14-13-6-4-3-5-12(13)7-9-15-14/h3-6,11,14-15H,7-10H2,1-2H3. The summed E-state index contributed by atoms with van der Waals surface area (Å²) in [4.78, 5) is 0. The Hall–Kier alpha value is -0.860. The first-order chi connectivity index (χ1) is 7.77. The number of benzene rings is 1. The van der Waals surface area contributed by atoms with Gasteiger partial charge in [0.25, 0.3) is 0 Å². The van der Waals surface area contributed by atoms with Crippen LogP contribution in [-0.2, 0) is 11.2 Å². The third-order valence-electron chi connectivity index (χ3n) is 3.07. The normalized spacial score (nSPS) is 19.8. The molecule has 88 valence electrons. The van der Waals surface area contributed by atoms with Crippen molar-refractivity contribution in [2.75, 3.05) is 13.2 Å². The van der Waals surface area contributed by atoms with E-state index < -0.39 is 0 Å². The largest absolute Gasteiger partial charge is 0.379 e. The lowest BCUT2D eigenvalue weighted by molar-refractivity contribution is 0.0711. The summed E-state index contributed by atoms with van der Waals surface area (Å²) in [7, 11) is 0. The molecule has 0 amide bonds. The molecule has 1 atom stereocenters. The molecule has 0 aliphatic carbocycles. The van der Waals surface area contributed by atoms with Gasteiger partial charge in [-0.1, -0.05) is 24.3 Å². The zero-order valence-electron chi connectivity index (χ0n) is 10.2. The van der Waals surface area contributed by atoms with Gasteiger partial charge >= 0.3 is 0 Å². The molecule has 1 aliphatic heterocycles. The molecule has 2 rings (SSSR count). The van der Waals surface area contributed by atoms with Crippen molar-refractivity contribution in [3.05, 3.63) is 35.4 Å². The van der Waals surface area contributed by atoms with Gasteiger partial charge in [0.1, 0.15) is 0 Å². The van der Waals surface area contributed by atoms with Crippen molar-refractivity contribution in [2.45, 2.75) is 38.8 Å². The lowest BCUT2D eigenvalue weighted by Crippen LogP contribution is -2.30. The van der Waals surface area contributed by atoms with Gasteiger partial charge in [0.05, 0.1) is 6.10 Å². The summed E-state index contributed by atoms with van der Waals surface area (Å²) in [5.41, 5.74) is 2.96. The molecule has 0 saturated carbocycles. The van der Waals surface area contributed by atoms with Crippen LogP contribution < -0.4 is 5.32 Å². The maximum absolute atomic E-state index is 5.62. The van der Waals surface area contributed by atoms with E-state index in [0.717, 1.165) is 26.0 Å². The van der Waals surface area contributed by atoms with Gasteiger partial charge in [0.2, 0.25) is 0 Å². The van der Waals surface area contributed by atoms with Gasteiger partial charge in [0, 0.05) is 12.6 Å². The molecule has 0 bridgehead atoms. The highest BCUT2D eigenvalue weighted by Crippen LogP contribution is 2.24. The molecule has 0 radical (unpaired) electrons. The van der Waals surface area contributed by atoms with Crippen LogP contribution in [0.5, 0.6) is 0 Å². The van der Waals surface area contributed by atoms with Crippen LogP contribution in [0, 0.1) is 0 Å². The molecule has 0 saturated heterocycles. The highest BCUT2D eigenvalue weighted by atomic mass is 16.5. The second-order valence-corrected chi connectivity index (χ2v) is 4.66. The van der Waals surface area contributed by atoms with E-state index in [2.05, 4.69) is 43.4 Å². The number of nitrogens with one attached hydrogen (secondary N) is 1. The number of ether oxygens (including phenoxy) is 1. The van der Waals surface area contributed by atoms with Gasteiger partial charge in [-0.05, 0) is 44.4 Å². The van der Waals surface area contributed by atoms with Crippen LogP contribution in [0.3, 0.4) is 0 Å². The zero-order chi connectivity index (χ0) is 11.4. The van der Waals surface area contributed by atoms with Crippen molar-refractivity contribution in [3.63, 3.8) is 0 Å². The van der Waals surface area contributed by atoms with Gasteiger partial charge in [0.15, 0.2) is 0 Å². The van der Waals surface area contributed by atoms with Gasteiger partial charge < -0.3 is 10.1 Å². The van der Waals surface area contributed by atoms with E-state index in [1.54, 1.807) is 0 Å². The fraction of sp³-hybridized carbons (Fsp3) is 0.571. The zero-order valence-corrected chi connectivity index (χ0v) is 10.2. The van der Waals surface area contributed by atoms with Crippen molar-refractivity contribution in [1.82, 2.24) is 5.32 Å². The van der Waals surface area contributed by atoms with Gasteiger partial charge in [-0.25, -0.2) is 0 Å². The Labute approximate surface area is 98.0 Å². The molecule has 0 aromatic heterocycles. The van der Waals surface area contributed by atoms with Crippen LogP contribution in [0.4, 0.5) is 0 Å². The minimum Gasteiger partial charge on any atom is -0.379 e. The summed E-state index contributed by atoms with van der Waals surface area (Å²) in [6, 6.07) is 9.21. The first kappa shape index (κ1) is 11.6. The maximum atomic E-state index is 5.62. The first-order valence-electron chi connectivity index (χ1n) is 6.20. The number of hydrogen-bond acceptors (Lipinski definition) is 2. The Bertz CT molecular complexity index is 335. The van der Waals surface area contributed by atoms with E-state index >= 15 is 0 Å². The highest BCUT2D eigenvalue weighted by molar-refractivity contribution is 5.32. The molecular weight excluding hydrogens is 198 g/mol. The van der Waals surface area contributed by atoms with Crippen molar-refractivity contribution in [1.29, 1.82) is 0 Å². The second kappa shape index (κ2) is 5.46. The minimum atomic E-state index is 0.332. The van der Waals surface area contributed by atoms with E-state index in [1.165, 1.54) is 11.1 Å².